The molecule has 0 fully saturated rings. The number of benzene rings is 1. The second-order valence-electron chi connectivity index (χ2n) is 9.96. The second kappa shape index (κ2) is 15.6. The topological polar surface area (TPSA) is 236 Å². The van der Waals surface area contributed by atoms with Crippen molar-refractivity contribution >= 4 is 40.5 Å². The lowest BCUT2D eigenvalue weighted by atomic mass is 9.96. The third-order valence-corrected chi connectivity index (χ3v) is 6.84. The summed E-state index contributed by atoms with van der Waals surface area (Å²) in [4.78, 5) is 65.6. The number of aliphatic carboxylic acids is 1. The Labute approximate surface area is 233 Å². The minimum Gasteiger partial charge on any atom is -0.480 e. The summed E-state index contributed by atoms with van der Waals surface area (Å²) in [6, 6.07) is 2.88. The molecule has 1 aromatic carbocycles. The van der Waals surface area contributed by atoms with E-state index in [-0.39, 0.29) is 18.8 Å². The predicted octanol–water partition coefficient (Wildman–Crippen LogP) is -0.373. The van der Waals surface area contributed by atoms with Crippen molar-refractivity contribution in [2.75, 3.05) is 6.54 Å². The van der Waals surface area contributed by atoms with Gasteiger partial charge in [-0.15, -0.1) is 0 Å². The van der Waals surface area contributed by atoms with Crippen LogP contribution >= 0.6 is 0 Å². The summed E-state index contributed by atoms with van der Waals surface area (Å²) in [5.74, 6) is -4.66. The number of hydrogen-bond donors (Lipinski definition) is 8. The molecule has 5 atom stereocenters. The number of primary amides is 1. The number of hydrogen-bond acceptors (Lipinski definition) is 7. The smallest absolute Gasteiger partial charge is 0.326 e. The average molecular weight is 560 g/mol. The molecule has 2 aromatic rings. The molecule has 13 heteroatoms. The Hall–Kier alpha value is -3.97. The van der Waals surface area contributed by atoms with Crippen LogP contribution in [0.5, 0.6) is 0 Å². The molecule has 0 aliphatic heterocycles. The van der Waals surface area contributed by atoms with Gasteiger partial charge in [-0.2, -0.15) is 0 Å². The van der Waals surface area contributed by atoms with Gasteiger partial charge in [-0.05, 0) is 49.8 Å². The number of aromatic amines is 1. The van der Waals surface area contributed by atoms with Gasteiger partial charge in [0.25, 0.3) is 0 Å². The van der Waals surface area contributed by atoms with Crippen LogP contribution in [0.25, 0.3) is 10.9 Å². The normalized spacial score (nSPS) is 14.9. The van der Waals surface area contributed by atoms with Crippen LogP contribution in [0.15, 0.2) is 30.5 Å². The van der Waals surface area contributed by atoms with Crippen molar-refractivity contribution in [3.8, 4) is 0 Å². The van der Waals surface area contributed by atoms with Crippen molar-refractivity contribution in [2.45, 2.75) is 76.5 Å². The highest BCUT2D eigenvalue weighted by atomic mass is 16.4. The van der Waals surface area contributed by atoms with E-state index >= 15 is 0 Å². The second-order valence-corrected chi connectivity index (χ2v) is 9.96. The summed E-state index contributed by atoms with van der Waals surface area (Å²) >= 11 is 0. The molecule has 0 aliphatic rings. The van der Waals surface area contributed by atoms with Crippen molar-refractivity contribution in [1.29, 1.82) is 0 Å². The Bertz CT molecular complexity index is 1180. The fraction of sp³-hybridized carbons (Fsp3) is 0.519. The van der Waals surface area contributed by atoms with Gasteiger partial charge < -0.3 is 43.2 Å². The number of aromatic nitrogens is 1. The molecular formula is C27H41N7O6. The van der Waals surface area contributed by atoms with E-state index in [1.165, 1.54) is 0 Å². The number of para-hydroxylation sites is 1. The van der Waals surface area contributed by atoms with Crippen molar-refractivity contribution in [3.63, 3.8) is 0 Å². The number of carboxylic acid groups (broad SMARTS) is 1. The first-order valence-electron chi connectivity index (χ1n) is 13.4. The van der Waals surface area contributed by atoms with Crippen LogP contribution in [0.2, 0.25) is 0 Å². The minimum absolute atomic E-state index is 0.120. The number of nitrogens with one attached hydrogen (secondary N) is 4. The molecule has 0 saturated carbocycles. The number of carboxylic acids is 1. The van der Waals surface area contributed by atoms with Crippen molar-refractivity contribution in [1.82, 2.24) is 20.9 Å². The van der Waals surface area contributed by atoms with E-state index in [1.807, 2.05) is 31.2 Å². The molecule has 13 nitrogen and oxygen atoms in total. The molecule has 5 unspecified atom stereocenters. The molecule has 0 radical (unpaired) electrons. The maximum atomic E-state index is 13.3. The minimum atomic E-state index is -1.44. The molecule has 2 rings (SSSR count). The average Bonchev–Trinajstić information content (AvgIpc) is 3.32. The molecule has 11 N–H and O–H groups in total. The van der Waals surface area contributed by atoms with Crippen LogP contribution in [0.1, 0.15) is 51.5 Å². The predicted molar refractivity (Wildman–Crippen MR) is 150 cm³/mol. The fourth-order valence-corrected chi connectivity index (χ4v) is 4.29. The Balaban J connectivity index is 2.13. The van der Waals surface area contributed by atoms with Crippen LogP contribution < -0.4 is 33.2 Å². The highest BCUT2D eigenvalue weighted by Crippen LogP contribution is 2.19. The molecule has 0 spiro atoms. The maximum absolute atomic E-state index is 13.3. The highest BCUT2D eigenvalue weighted by Gasteiger charge is 2.33. The Morgan fingerprint density at radius 2 is 1.65 bits per heavy atom. The number of carbonyl (C=O) groups is 5. The van der Waals surface area contributed by atoms with Crippen molar-refractivity contribution in [3.05, 3.63) is 36.0 Å². The number of nitrogens with two attached hydrogens (primary N) is 3. The lowest BCUT2D eigenvalue weighted by molar-refractivity contribution is -0.142. The van der Waals surface area contributed by atoms with Crippen molar-refractivity contribution < 1.29 is 29.1 Å². The lowest BCUT2D eigenvalue weighted by Crippen LogP contribution is -2.59. The molecule has 40 heavy (non-hydrogen) atoms. The van der Waals surface area contributed by atoms with E-state index in [0.29, 0.717) is 25.8 Å². The van der Waals surface area contributed by atoms with Gasteiger partial charge in [-0.3, -0.25) is 19.2 Å². The van der Waals surface area contributed by atoms with Gasteiger partial charge >= 0.3 is 5.97 Å². The number of H-pyrrole nitrogens is 1. The zero-order valence-electron chi connectivity index (χ0n) is 22.9. The van der Waals surface area contributed by atoms with Gasteiger partial charge in [0, 0.05) is 17.1 Å². The molecule has 220 valence electrons. The van der Waals surface area contributed by atoms with Crippen LogP contribution in [0, 0.1) is 5.92 Å². The standard InChI is InChI=1S/C27H41N7O6/c1-3-15(2)23(34-24(36)18(29)12-16-14-31-19-9-5-4-8-17(16)19)26(38)33-21(13-22(30)35)25(37)32-20(27(39)40)10-6-7-11-28/h4-5,8-9,14-15,18,20-21,23,31H,3,6-7,10-13,28-29H2,1-2H3,(H2,30,35)(H,32,37)(H,33,38)(H,34,36)(H,39,40). The van der Waals surface area contributed by atoms with Gasteiger partial charge in [-0.25, -0.2) is 4.79 Å². The molecule has 0 aliphatic carbocycles. The van der Waals surface area contributed by atoms with E-state index in [1.54, 1.807) is 13.1 Å². The SMILES string of the molecule is CCC(C)C(NC(=O)C(N)Cc1c[nH]c2ccccc12)C(=O)NC(CC(N)=O)C(=O)NC(CCCCN)C(=O)O. The van der Waals surface area contributed by atoms with E-state index < -0.39 is 60.2 Å². The van der Waals surface area contributed by atoms with Gasteiger partial charge in [0.1, 0.15) is 18.1 Å². The quantitative estimate of drug-likeness (QED) is 0.119. The molecular weight excluding hydrogens is 518 g/mol. The third kappa shape index (κ3) is 9.35. The Morgan fingerprint density at radius 1 is 0.975 bits per heavy atom. The number of unbranched alkanes of at least 4 members (excludes halogenated alkanes) is 1. The Morgan fingerprint density at radius 3 is 2.27 bits per heavy atom. The fourth-order valence-electron chi connectivity index (χ4n) is 4.29. The summed E-state index contributed by atoms with van der Waals surface area (Å²) in [5, 5.41) is 17.9. The van der Waals surface area contributed by atoms with Gasteiger partial charge in [0.2, 0.25) is 23.6 Å². The third-order valence-electron chi connectivity index (χ3n) is 6.84. The van der Waals surface area contributed by atoms with Crippen LogP contribution in [0.3, 0.4) is 0 Å². The van der Waals surface area contributed by atoms with Crippen molar-refractivity contribution in [2.24, 2.45) is 23.1 Å². The summed E-state index contributed by atoms with van der Waals surface area (Å²) in [6.07, 6.45) is 3.10. The van der Waals surface area contributed by atoms with Gasteiger partial charge in [0.05, 0.1) is 12.5 Å². The number of amides is 4. The number of rotatable bonds is 17. The van der Waals surface area contributed by atoms with Crippen LogP contribution in [0.4, 0.5) is 0 Å². The first-order chi connectivity index (χ1) is 19.0. The molecule has 0 saturated heterocycles. The van der Waals surface area contributed by atoms with E-state index in [0.717, 1.165) is 16.5 Å². The van der Waals surface area contributed by atoms with E-state index in [2.05, 4.69) is 20.9 Å². The summed E-state index contributed by atoms with van der Waals surface area (Å²) in [7, 11) is 0. The lowest BCUT2D eigenvalue weighted by Gasteiger charge is -2.27. The molecule has 4 amide bonds. The Kier molecular flexibility index (Phi) is 12.6. The molecule has 1 heterocycles. The van der Waals surface area contributed by atoms with E-state index in [4.69, 9.17) is 17.2 Å². The largest absolute Gasteiger partial charge is 0.480 e. The number of fused-ring (bicyclic) bond motifs is 1. The molecule has 1 aromatic heterocycles. The highest BCUT2D eigenvalue weighted by molar-refractivity contribution is 5.96. The monoisotopic (exact) mass is 559 g/mol. The van der Waals surface area contributed by atoms with Gasteiger partial charge in [-0.1, -0.05) is 38.5 Å². The summed E-state index contributed by atoms with van der Waals surface area (Å²) < 4.78 is 0. The van der Waals surface area contributed by atoms with Crippen LogP contribution in [-0.4, -0.2) is 70.4 Å². The molecule has 0 bridgehead atoms. The summed E-state index contributed by atoms with van der Waals surface area (Å²) in [5.41, 5.74) is 18.7. The summed E-state index contributed by atoms with van der Waals surface area (Å²) in [6.45, 7) is 3.95. The zero-order chi connectivity index (χ0) is 29.8. The maximum Gasteiger partial charge on any atom is 0.326 e. The first kappa shape index (κ1) is 32.2. The first-order valence-corrected chi connectivity index (χ1v) is 13.4. The number of carbonyl (C=O) groups excluding carboxylic acids is 4. The zero-order valence-corrected chi connectivity index (χ0v) is 22.9. The van der Waals surface area contributed by atoms with E-state index in [9.17, 15) is 29.1 Å². The van der Waals surface area contributed by atoms with Gasteiger partial charge in [0.15, 0.2) is 0 Å². The van der Waals surface area contributed by atoms with Crippen LogP contribution in [-0.2, 0) is 30.4 Å².